The Bertz CT molecular complexity index is 154. The van der Waals surface area contributed by atoms with Crippen LogP contribution in [0.4, 0.5) is 0 Å². The fourth-order valence-corrected chi connectivity index (χ4v) is 1.29. The van der Waals surface area contributed by atoms with Crippen LogP contribution in [0, 0.1) is 11.3 Å². The molecular weight excluding hydrogens is 216 g/mol. The van der Waals surface area contributed by atoms with Crippen LogP contribution in [0.25, 0.3) is 0 Å². The minimum absolute atomic E-state index is 0.106. The average molecular weight is 233 g/mol. The van der Waals surface area contributed by atoms with E-state index in [4.69, 9.17) is 4.74 Å². The van der Waals surface area contributed by atoms with Gasteiger partial charge in [0.05, 0.1) is 6.61 Å². The van der Waals surface area contributed by atoms with Crippen LogP contribution in [0.2, 0.25) is 0 Å². The van der Waals surface area contributed by atoms with Crippen molar-refractivity contribution in [2.24, 2.45) is 11.3 Å². The molecule has 1 rings (SSSR count). The molecule has 70 valence electrons. The normalized spacial score (nSPS) is 21.8. The summed E-state index contributed by atoms with van der Waals surface area (Å²) in [7, 11) is 0. The molecule has 2 heteroatoms. The van der Waals surface area contributed by atoms with Crippen molar-refractivity contribution in [1.82, 2.24) is 0 Å². The van der Waals surface area contributed by atoms with Crippen molar-refractivity contribution >= 4 is 15.9 Å². The van der Waals surface area contributed by atoms with Gasteiger partial charge in [0.2, 0.25) is 0 Å². The maximum Gasteiger partial charge on any atom is 0.0562 e. The van der Waals surface area contributed by atoms with Crippen molar-refractivity contribution in [3.8, 4) is 0 Å². The van der Waals surface area contributed by atoms with Crippen LogP contribution in [0.5, 0.6) is 0 Å². The smallest absolute Gasteiger partial charge is 0.0562 e. The molecule has 0 aliphatic heterocycles. The van der Waals surface area contributed by atoms with Gasteiger partial charge >= 0.3 is 0 Å². The lowest BCUT2D eigenvalue weighted by molar-refractivity contribution is 0.0785. The van der Waals surface area contributed by atoms with Gasteiger partial charge < -0.3 is 4.74 Å². The van der Waals surface area contributed by atoms with Crippen molar-refractivity contribution in [2.75, 3.05) is 18.5 Å². The van der Waals surface area contributed by atoms with Gasteiger partial charge in [-0.3, -0.25) is 0 Å². The monoisotopic (exact) mass is 232 g/mol. The third-order valence-electron chi connectivity index (χ3n) is 2.28. The first kappa shape index (κ1) is 10.3. The maximum atomic E-state index is 5.60. The van der Waals surface area contributed by atoms with Crippen molar-refractivity contribution in [2.45, 2.75) is 19.8 Å². The number of alkyl halides is 1. The van der Waals surface area contributed by atoms with Gasteiger partial charge in [-0.2, -0.15) is 0 Å². The molecule has 1 aliphatic rings. The van der Waals surface area contributed by atoms with E-state index in [0.29, 0.717) is 0 Å². The molecule has 0 radical (unpaired) electrons. The topological polar surface area (TPSA) is 9.23 Å². The van der Waals surface area contributed by atoms with Gasteiger partial charge in [0.15, 0.2) is 0 Å². The van der Waals surface area contributed by atoms with Gasteiger partial charge in [-0.05, 0) is 18.8 Å². The minimum Gasteiger partial charge on any atom is -0.380 e. The molecular formula is C10H17BrO. The van der Waals surface area contributed by atoms with Gasteiger partial charge in [0, 0.05) is 17.4 Å². The highest BCUT2D eigenvalue weighted by atomic mass is 79.9. The standard InChI is InChI=1S/C10H17BrO/c1-3-10(2,7-11)8-12-6-9-4-5-9/h3,9H,1,4-8H2,2H3. The lowest BCUT2D eigenvalue weighted by atomic mass is 9.95. The van der Waals surface area contributed by atoms with E-state index in [-0.39, 0.29) is 5.41 Å². The van der Waals surface area contributed by atoms with E-state index in [2.05, 4.69) is 29.4 Å². The molecule has 0 aromatic rings. The lowest BCUT2D eigenvalue weighted by Crippen LogP contribution is -2.22. The van der Waals surface area contributed by atoms with Crippen LogP contribution in [0.1, 0.15) is 19.8 Å². The second kappa shape index (κ2) is 4.43. The number of rotatable bonds is 6. The third-order valence-corrected chi connectivity index (χ3v) is 3.56. The predicted molar refractivity (Wildman–Crippen MR) is 55.6 cm³/mol. The first-order chi connectivity index (χ1) is 5.70. The van der Waals surface area contributed by atoms with E-state index < -0.39 is 0 Å². The Morgan fingerprint density at radius 2 is 2.33 bits per heavy atom. The van der Waals surface area contributed by atoms with Gasteiger partial charge in [0.1, 0.15) is 0 Å². The summed E-state index contributed by atoms with van der Waals surface area (Å²) in [5.74, 6) is 0.856. The Balaban J connectivity index is 2.12. The van der Waals surface area contributed by atoms with E-state index in [1.54, 1.807) is 0 Å². The van der Waals surface area contributed by atoms with Crippen LogP contribution >= 0.6 is 15.9 Å². The van der Waals surface area contributed by atoms with Gasteiger partial charge in [-0.15, -0.1) is 6.58 Å². The SMILES string of the molecule is C=CC(C)(CBr)COCC1CC1. The van der Waals surface area contributed by atoms with E-state index in [9.17, 15) is 0 Å². The highest BCUT2D eigenvalue weighted by Crippen LogP contribution is 2.30. The molecule has 1 unspecified atom stereocenters. The molecule has 12 heavy (non-hydrogen) atoms. The summed E-state index contributed by atoms with van der Waals surface area (Å²) < 4.78 is 5.60. The van der Waals surface area contributed by atoms with E-state index in [1.807, 2.05) is 6.08 Å². The number of halogens is 1. The first-order valence-corrected chi connectivity index (χ1v) is 5.59. The Hall–Kier alpha value is 0.180. The zero-order valence-electron chi connectivity index (χ0n) is 7.68. The number of hydrogen-bond donors (Lipinski definition) is 0. The molecule has 1 fully saturated rings. The highest BCUT2D eigenvalue weighted by molar-refractivity contribution is 9.09. The lowest BCUT2D eigenvalue weighted by Gasteiger charge is -2.22. The van der Waals surface area contributed by atoms with Gasteiger partial charge in [-0.25, -0.2) is 0 Å². The second-order valence-electron chi connectivity index (χ2n) is 3.95. The van der Waals surface area contributed by atoms with Crippen molar-refractivity contribution < 1.29 is 4.74 Å². The zero-order chi connectivity index (χ0) is 9.03. The van der Waals surface area contributed by atoms with Gasteiger partial charge in [0.25, 0.3) is 0 Å². The summed E-state index contributed by atoms with van der Waals surface area (Å²) in [6, 6.07) is 0. The molecule has 1 aliphatic carbocycles. The zero-order valence-corrected chi connectivity index (χ0v) is 9.27. The summed E-state index contributed by atoms with van der Waals surface area (Å²) in [6.45, 7) is 7.69. The van der Waals surface area contributed by atoms with Crippen LogP contribution in [0.3, 0.4) is 0 Å². The summed E-state index contributed by atoms with van der Waals surface area (Å²) in [5, 5.41) is 0.925. The first-order valence-electron chi connectivity index (χ1n) is 4.47. The Morgan fingerprint density at radius 3 is 2.75 bits per heavy atom. The molecule has 0 bridgehead atoms. The molecule has 1 saturated carbocycles. The fourth-order valence-electron chi connectivity index (χ4n) is 0.895. The largest absolute Gasteiger partial charge is 0.380 e. The molecule has 0 N–H and O–H groups in total. The second-order valence-corrected chi connectivity index (χ2v) is 4.51. The molecule has 0 saturated heterocycles. The minimum atomic E-state index is 0.106. The van der Waals surface area contributed by atoms with Crippen molar-refractivity contribution in [3.63, 3.8) is 0 Å². The van der Waals surface area contributed by atoms with Crippen LogP contribution in [-0.4, -0.2) is 18.5 Å². The molecule has 1 atom stereocenters. The Labute approximate surface area is 83.3 Å². The number of hydrogen-bond acceptors (Lipinski definition) is 1. The molecule has 0 spiro atoms. The molecule has 0 aromatic carbocycles. The van der Waals surface area contributed by atoms with Gasteiger partial charge in [-0.1, -0.05) is 28.9 Å². The van der Waals surface area contributed by atoms with Crippen LogP contribution in [-0.2, 0) is 4.74 Å². The molecule has 1 nitrogen and oxygen atoms in total. The quantitative estimate of drug-likeness (QED) is 0.506. The summed E-state index contributed by atoms with van der Waals surface area (Å²) >= 11 is 3.46. The number of ether oxygens (including phenoxy) is 1. The predicted octanol–water partition coefficient (Wildman–Crippen LogP) is 3.00. The molecule has 0 aromatic heterocycles. The van der Waals surface area contributed by atoms with E-state index in [0.717, 1.165) is 24.5 Å². The fraction of sp³-hybridized carbons (Fsp3) is 0.800. The summed E-state index contributed by atoms with van der Waals surface area (Å²) in [5.41, 5.74) is 0.106. The Kier molecular flexibility index (Phi) is 3.78. The van der Waals surface area contributed by atoms with Crippen LogP contribution in [0.15, 0.2) is 12.7 Å². The maximum absolute atomic E-state index is 5.60. The summed E-state index contributed by atoms with van der Waals surface area (Å²) in [4.78, 5) is 0. The third kappa shape index (κ3) is 3.28. The highest BCUT2D eigenvalue weighted by Gasteiger charge is 2.24. The Morgan fingerprint density at radius 1 is 1.67 bits per heavy atom. The van der Waals surface area contributed by atoms with Crippen molar-refractivity contribution in [3.05, 3.63) is 12.7 Å². The summed E-state index contributed by atoms with van der Waals surface area (Å²) in [6.07, 6.45) is 4.69. The van der Waals surface area contributed by atoms with E-state index in [1.165, 1.54) is 12.8 Å². The van der Waals surface area contributed by atoms with Crippen LogP contribution < -0.4 is 0 Å². The average Bonchev–Trinajstić information content (AvgIpc) is 2.88. The molecule has 0 amide bonds. The molecule has 0 heterocycles. The van der Waals surface area contributed by atoms with E-state index >= 15 is 0 Å². The van der Waals surface area contributed by atoms with Crippen molar-refractivity contribution in [1.29, 1.82) is 0 Å².